The molecule has 4 rings (SSSR count). The number of amides is 1. The van der Waals surface area contributed by atoms with E-state index in [1.165, 1.54) is 24.0 Å². The van der Waals surface area contributed by atoms with Gasteiger partial charge in [-0.25, -0.2) is 0 Å². The fourth-order valence-electron chi connectivity index (χ4n) is 4.00. The number of hydrogen-bond acceptors (Lipinski definition) is 3. The van der Waals surface area contributed by atoms with Crippen LogP contribution in [0.2, 0.25) is 0 Å². The predicted octanol–water partition coefficient (Wildman–Crippen LogP) is 2.48. The van der Waals surface area contributed by atoms with Gasteiger partial charge in [0.15, 0.2) is 0 Å². The van der Waals surface area contributed by atoms with E-state index in [0.717, 1.165) is 19.5 Å². The summed E-state index contributed by atoms with van der Waals surface area (Å²) in [6, 6.07) is 10.8. The molecule has 1 N–H and O–H groups in total. The van der Waals surface area contributed by atoms with E-state index in [2.05, 4.69) is 39.6 Å². The lowest BCUT2D eigenvalue weighted by atomic mass is 10.1. The molecule has 2 aliphatic rings. The number of aromatic nitrogens is 2. The van der Waals surface area contributed by atoms with Crippen molar-refractivity contribution in [2.45, 2.75) is 31.2 Å². The summed E-state index contributed by atoms with van der Waals surface area (Å²) in [6.07, 6.45) is 7.35. The Bertz CT molecular complexity index is 720. The monoisotopic (exact) mass is 338 g/mol. The molecule has 0 radical (unpaired) electrons. The maximum absolute atomic E-state index is 12.6. The summed E-state index contributed by atoms with van der Waals surface area (Å²) in [5.74, 6) is 0.642. The van der Waals surface area contributed by atoms with Crippen LogP contribution in [-0.4, -0.2) is 40.2 Å². The molecule has 5 heteroatoms. The zero-order valence-electron chi connectivity index (χ0n) is 14.8. The van der Waals surface area contributed by atoms with E-state index in [1.807, 2.05) is 25.5 Å². The number of rotatable bonds is 6. The lowest BCUT2D eigenvalue weighted by molar-refractivity contribution is -0.122. The van der Waals surface area contributed by atoms with Gasteiger partial charge in [0.25, 0.3) is 0 Å². The summed E-state index contributed by atoms with van der Waals surface area (Å²) in [5, 5.41) is 7.43. The van der Waals surface area contributed by atoms with Gasteiger partial charge >= 0.3 is 0 Å². The number of likely N-dealkylation sites (tertiary alicyclic amines) is 1. The number of benzene rings is 1. The van der Waals surface area contributed by atoms with E-state index in [0.29, 0.717) is 12.5 Å². The second kappa shape index (κ2) is 7.00. The van der Waals surface area contributed by atoms with Crippen molar-refractivity contribution in [1.82, 2.24) is 20.0 Å². The Morgan fingerprint density at radius 2 is 2.04 bits per heavy atom. The molecule has 1 aromatic carbocycles. The molecule has 132 valence electrons. The molecule has 25 heavy (non-hydrogen) atoms. The van der Waals surface area contributed by atoms with E-state index < -0.39 is 0 Å². The molecule has 2 heterocycles. The van der Waals surface area contributed by atoms with Crippen LogP contribution in [0.15, 0.2) is 42.7 Å². The van der Waals surface area contributed by atoms with Gasteiger partial charge in [-0.15, -0.1) is 0 Å². The molecular weight excluding hydrogens is 312 g/mol. The fraction of sp³-hybridized carbons (Fsp3) is 0.500. The molecule has 1 amide bonds. The highest BCUT2D eigenvalue weighted by atomic mass is 16.2. The van der Waals surface area contributed by atoms with Gasteiger partial charge in [-0.1, -0.05) is 30.3 Å². The Labute approximate surface area is 149 Å². The van der Waals surface area contributed by atoms with Crippen molar-refractivity contribution in [3.63, 3.8) is 0 Å². The molecule has 1 aliphatic carbocycles. The van der Waals surface area contributed by atoms with Gasteiger partial charge in [-0.2, -0.15) is 5.10 Å². The predicted molar refractivity (Wildman–Crippen MR) is 97.1 cm³/mol. The molecule has 1 saturated carbocycles. The molecule has 1 saturated heterocycles. The van der Waals surface area contributed by atoms with Crippen LogP contribution in [0.4, 0.5) is 0 Å². The number of aryl methyl sites for hydroxylation is 1. The van der Waals surface area contributed by atoms with Crippen molar-refractivity contribution in [2.75, 3.05) is 19.6 Å². The van der Waals surface area contributed by atoms with E-state index in [4.69, 9.17) is 0 Å². The molecular formula is C20H26N4O. The molecule has 2 aromatic rings. The molecule has 0 unspecified atom stereocenters. The zero-order chi connectivity index (χ0) is 17.2. The quantitative estimate of drug-likeness (QED) is 0.880. The summed E-state index contributed by atoms with van der Waals surface area (Å²) in [4.78, 5) is 15.1. The number of nitrogens with one attached hydrogen (secondary N) is 1. The second-order valence-corrected chi connectivity index (χ2v) is 7.31. The van der Waals surface area contributed by atoms with Crippen LogP contribution >= 0.6 is 0 Å². The van der Waals surface area contributed by atoms with Crippen LogP contribution in [-0.2, 0) is 11.8 Å². The van der Waals surface area contributed by atoms with Crippen molar-refractivity contribution >= 4 is 5.91 Å². The molecule has 1 aromatic heterocycles. The SMILES string of the molecule is Cn1cc([C@@H]2C[C@H]2C(=O)NC[C@H](c2ccccc2)N2CCCC2)cn1. The van der Waals surface area contributed by atoms with Gasteiger partial charge in [-0.3, -0.25) is 14.4 Å². The van der Waals surface area contributed by atoms with Gasteiger partial charge in [0.1, 0.15) is 0 Å². The second-order valence-electron chi connectivity index (χ2n) is 7.31. The summed E-state index contributed by atoms with van der Waals surface area (Å²) in [5.41, 5.74) is 2.48. The van der Waals surface area contributed by atoms with Gasteiger partial charge in [0, 0.05) is 25.7 Å². The maximum Gasteiger partial charge on any atom is 0.223 e. The molecule has 0 bridgehead atoms. The molecule has 1 aliphatic heterocycles. The van der Waals surface area contributed by atoms with Crippen LogP contribution in [0.3, 0.4) is 0 Å². The maximum atomic E-state index is 12.6. The number of carbonyl (C=O) groups is 1. The number of nitrogens with zero attached hydrogens (tertiary/aromatic N) is 3. The first-order chi connectivity index (χ1) is 12.2. The first kappa shape index (κ1) is 16.3. The first-order valence-corrected chi connectivity index (χ1v) is 9.27. The third kappa shape index (κ3) is 3.61. The lowest BCUT2D eigenvalue weighted by Crippen LogP contribution is -2.37. The average Bonchev–Trinajstić information content (AvgIpc) is 3.02. The third-order valence-electron chi connectivity index (χ3n) is 5.52. The highest BCUT2D eigenvalue weighted by molar-refractivity contribution is 5.82. The van der Waals surface area contributed by atoms with Crippen molar-refractivity contribution in [1.29, 1.82) is 0 Å². The van der Waals surface area contributed by atoms with Gasteiger partial charge in [-0.05, 0) is 49.4 Å². The fourth-order valence-corrected chi connectivity index (χ4v) is 4.00. The van der Waals surface area contributed by atoms with Crippen LogP contribution in [0.1, 0.15) is 42.3 Å². The van der Waals surface area contributed by atoms with E-state index in [1.54, 1.807) is 4.68 Å². The summed E-state index contributed by atoms with van der Waals surface area (Å²) in [6.45, 7) is 2.94. The Hall–Kier alpha value is -2.14. The Morgan fingerprint density at radius 3 is 2.72 bits per heavy atom. The number of hydrogen-bond donors (Lipinski definition) is 1. The molecule has 0 spiro atoms. The van der Waals surface area contributed by atoms with Crippen LogP contribution < -0.4 is 5.32 Å². The highest BCUT2D eigenvalue weighted by Gasteiger charge is 2.44. The van der Waals surface area contributed by atoms with Crippen molar-refractivity contribution in [3.05, 3.63) is 53.9 Å². The molecule has 3 atom stereocenters. The zero-order valence-corrected chi connectivity index (χ0v) is 14.8. The minimum Gasteiger partial charge on any atom is -0.354 e. The molecule has 5 nitrogen and oxygen atoms in total. The normalized spacial score (nSPS) is 24.2. The first-order valence-electron chi connectivity index (χ1n) is 9.27. The Kier molecular flexibility index (Phi) is 4.57. The summed E-state index contributed by atoms with van der Waals surface area (Å²) >= 11 is 0. The minimum absolute atomic E-state index is 0.110. The summed E-state index contributed by atoms with van der Waals surface area (Å²) in [7, 11) is 1.92. The minimum atomic E-state index is 0.110. The third-order valence-corrected chi connectivity index (χ3v) is 5.52. The Morgan fingerprint density at radius 1 is 1.28 bits per heavy atom. The lowest BCUT2D eigenvalue weighted by Gasteiger charge is -2.28. The molecule has 2 fully saturated rings. The average molecular weight is 338 g/mol. The van der Waals surface area contributed by atoms with Crippen molar-refractivity contribution < 1.29 is 4.79 Å². The standard InChI is InChI=1S/C20H26N4O/c1-23-14-16(12-22-23)17-11-18(17)20(25)21-13-19(24-9-5-6-10-24)15-7-3-2-4-8-15/h2-4,7-8,12,14,17-19H,5-6,9-11,13H2,1H3,(H,21,25)/t17-,18+,19+/m0/s1. The highest BCUT2D eigenvalue weighted by Crippen LogP contribution is 2.47. The van der Waals surface area contributed by atoms with E-state index in [9.17, 15) is 4.79 Å². The van der Waals surface area contributed by atoms with Crippen molar-refractivity contribution in [3.8, 4) is 0 Å². The number of carbonyl (C=O) groups excluding carboxylic acids is 1. The van der Waals surface area contributed by atoms with Gasteiger partial charge in [0.2, 0.25) is 5.91 Å². The van der Waals surface area contributed by atoms with Crippen LogP contribution in [0, 0.1) is 5.92 Å². The van der Waals surface area contributed by atoms with Gasteiger partial charge < -0.3 is 5.32 Å². The van der Waals surface area contributed by atoms with Crippen LogP contribution in [0.5, 0.6) is 0 Å². The van der Waals surface area contributed by atoms with E-state index >= 15 is 0 Å². The van der Waals surface area contributed by atoms with Gasteiger partial charge in [0.05, 0.1) is 12.2 Å². The van der Waals surface area contributed by atoms with Crippen LogP contribution in [0.25, 0.3) is 0 Å². The largest absolute Gasteiger partial charge is 0.354 e. The topological polar surface area (TPSA) is 50.2 Å². The van der Waals surface area contributed by atoms with Crippen molar-refractivity contribution in [2.24, 2.45) is 13.0 Å². The summed E-state index contributed by atoms with van der Waals surface area (Å²) < 4.78 is 1.81. The van der Waals surface area contributed by atoms with E-state index in [-0.39, 0.29) is 17.9 Å². The smallest absolute Gasteiger partial charge is 0.223 e. The Balaban J connectivity index is 1.37.